The number of hydrogen-bond acceptors (Lipinski definition) is 1. The standard InChI is InChI=1S/C9H16O2/c1-8(2)6-4-3-5-7-9(10)11/h3,5,8H,4,6-7H2,1-2H3,(H,10,11)/b5-3+. The zero-order chi connectivity index (χ0) is 8.69. The zero-order valence-corrected chi connectivity index (χ0v) is 7.21. The summed E-state index contributed by atoms with van der Waals surface area (Å²) >= 11 is 0. The largest absolute Gasteiger partial charge is 0.481 e. The molecular weight excluding hydrogens is 140 g/mol. The lowest BCUT2D eigenvalue weighted by Gasteiger charge is -1.98. The molecule has 0 unspecified atom stereocenters. The van der Waals surface area contributed by atoms with E-state index in [1.54, 1.807) is 6.08 Å². The van der Waals surface area contributed by atoms with Crippen molar-refractivity contribution in [1.82, 2.24) is 0 Å². The summed E-state index contributed by atoms with van der Waals surface area (Å²) in [5, 5.41) is 8.27. The van der Waals surface area contributed by atoms with Gasteiger partial charge in [-0.05, 0) is 18.8 Å². The molecule has 0 atom stereocenters. The molecular formula is C9H16O2. The Morgan fingerprint density at radius 1 is 1.45 bits per heavy atom. The summed E-state index contributed by atoms with van der Waals surface area (Å²) < 4.78 is 0. The predicted molar refractivity (Wildman–Crippen MR) is 45.5 cm³/mol. The SMILES string of the molecule is CC(C)CC/C=C/CC(=O)O. The van der Waals surface area contributed by atoms with E-state index in [1.165, 1.54) is 0 Å². The molecule has 0 aliphatic carbocycles. The number of carboxylic acids is 1. The predicted octanol–water partition coefficient (Wildman–Crippen LogP) is 2.45. The summed E-state index contributed by atoms with van der Waals surface area (Å²) in [7, 11) is 0. The Kier molecular flexibility index (Phi) is 5.53. The van der Waals surface area contributed by atoms with Gasteiger partial charge in [0.25, 0.3) is 0 Å². The fraction of sp³-hybridized carbons (Fsp3) is 0.667. The number of aliphatic carboxylic acids is 1. The minimum atomic E-state index is -0.759. The average Bonchev–Trinajstić information content (AvgIpc) is 1.85. The van der Waals surface area contributed by atoms with Gasteiger partial charge in [0.2, 0.25) is 0 Å². The van der Waals surface area contributed by atoms with Crippen LogP contribution in [0.25, 0.3) is 0 Å². The molecule has 0 aromatic carbocycles. The summed E-state index contributed by atoms with van der Waals surface area (Å²) in [6.07, 6.45) is 5.93. The van der Waals surface area contributed by atoms with Crippen molar-refractivity contribution < 1.29 is 9.90 Å². The molecule has 0 spiro atoms. The van der Waals surface area contributed by atoms with Crippen molar-refractivity contribution in [3.05, 3.63) is 12.2 Å². The van der Waals surface area contributed by atoms with Crippen molar-refractivity contribution in [1.29, 1.82) is 0 Å². The van der Waals surface area contributed by atoms with Gasteiger partial charge in [-0.2, -0.15) is 0 Å². The Hall–Kier alpha value is -0.790. The molecule has 0 amide bonds. The maximum atomic E-state index is 10.0. The van der Waals surface area contributed by atoms with E-state index in [-0.39, 0.29) is 6.42 Å². The van der Waals surface area contributed by atoms with E-state index >= 15 is 0 Å². The van der Waals surface area contributed by atoms with Crippen molar-refractivity contribution in [3.63, 3.8) is 0 Å². The lowest BCUT2D eigenvalue weighted by Crippen LogP contribution is -1.90. The third-order valence-corrected chi connectivity index (χ3v) is 1.37. The lowest BCUT2D eigenvalue weighted by atomic mass is 10.1. The van der Waals surface area contributed by atoms with Crippen LogP contribution in [0, 0.1) is 5.92 Å². The molecule has 0 rings (SSSR count). The van der Waals surface area contributed by atoms with E-state index in [0.29, 0.717) is 5.92 Å². The Labute approximate surface area is 67.9 Å². The Morgan fingerprint density at radius 2 is 2.09 bits per heavy atom. The second-order valence-corrected chi connectivity index (χ2v) is 3.04. The maximum Gasteiger partial charge on any atom is 0.307 e. The van der Waals surface area contributed by atoms with Crippen LogP contribution in [0.1, 0.15) is 33.1 Å². The second kappa shape index (κ2) is 5.96. The van der Waals surface area contributed by atoms with Gasteiger partial charge in [-0.15, -0.1) is 0 Å². The molecule has 2 heteroatoms. The fourth-order valence-corrected chi connectivity index (χ4v) is 0.732. The highest BCUT2D eigenvalue weighted by atomic mass is 16.4. The molecule has 0 saturated heterocycles. The van der Waals surface area contributed by atoms with Gasteiger partial charge >= 0.3 is 5.97 Å². The van der Waals surface area contributed by atoms with Crippen molar-refractivity contribution in [2.75, 3.05) is 0 Å². The van der Waals surface area contributed by atoms with Crippen LogP contribution in [0.5, 0.6) is 0 Å². The van der Waals surface area contributed by atoms with Crippen LogP contribution in [-0.4, -0.2) is 11.1 Å². The van der Waals surface area contributed by atoms with E-state index in [2.05, 4.69) is 13.8 Å². The minimum Gasteiger partial charge on any atom is -0.481 e. The van der Waals surface area contributed by atoms with Gasteiger partial charge in [0, 0.05) is 0 Å². The van der Waals surface area contributed by atoms with E-state index in [9.17, 15) is 4.79 Å². The van der Waals surface area contributed by atoms with Crippen LogP contribution in [0.3, 0.4) is 0 Å². The molecule has 0 bridgehead atoms. The van der Waals surface area contributed by atoms with Crippen molar-refractivity contribution in [3.8, 4) is 0 Å². The summed E-state index contributed by atoms with van der Waals surface area (Å²) in [6.45, 7) is 4.32. The molecule has 1 N–H and O–H groups in total. The first-order valence-electron chi connectivity index (χ1n) is 3.99. The van der Waals surface area contributed by atoms with E-state index in [4.69, 9.17) is 5.11 Å². The highest BCUT2D eigenvalue weighted by Crippen LogP contribution is 2.03. The van der Waals surface area contributed by atoms with Crippen LogP contribution in [0.2, 0.25) is 0 Å². The molecule has 0 aliphatic heterocycles. The number of carbonyl (C=O) groups is 1. The summed E-state index contributed by atoms with van der Waals surface area (Å²) in [6, 6.07) is 0. The van der Waals surface area contributed by atoms with Crippen LogP contribution < -0.4 is 0 Å². The first kappa shape index (κ1) is 10.2. The molecule has 11 heavy (non-hydrogen) atoms. The zero-order valence-electron chi connectivity index (χ0n) is 7.21. The maximum absolute atomic E-state index is 10.0. The van der Waals surface area contributed by atoms with Gasteiger partial charge in [0.15, 0.2) is 0 Å². The highest BCUT2D eigenvalue weighted by molar-refractivity contribution is 5.68. The van der Waals surface area contributed by atoms with E-state index in [0.717, 1.165) is 12.8 Å². The van der Waals surface area contributed by atoms with Gasteiger partial charge in [-0.3, -0.25) is 4.79 Å². The Morgan fingerprint density at radius 3 is 2.55 bits per heavy atom. The topological polar surface area (TPSA) is 37.3 Å². The van der Waals surface area contributed by atoms with E-state index in [1.807, 2.05) is 6.08 Å². The fourth-order valence-electron chi connectivity index (χ4n) is 0.732. The second-order valence-electron chi connectivity index (χ2n) is 3.04. The number of hydrogen-bond donors (Lipinski definition) is 1. The normalized spacial score (nSPS) is 11.2. The molecule has 0 fully saturated rings. The van der Waals surface area contributed by atoms with Gasteiger partial charge in [-0.25, -0.2) is 0 Å². The number of carboxylic acid groups (broad SMARTS) is 1. The third kappa shape index (κ3) is 9.21. The van der Waals surface area contributed by atoms with E-state index < -0.39 is 5.97 Å². The van der Waals surface area contributed by atoms with Crippen molar-refractivity contribution in [2.45, 2.75) is 33.1 Å². The average molecular weight is 156 g/mol. The molecule has 2 nitrogen and oxygen atoms in total. The smallest absolute Gasteiger partial charge is 0.307 e. The van der Waals surface area contributed by atoms with Gasteiger partial charge in [0.05, 0.1) is 6.42 Å². The summed E-state index contributed by atoms with van der Waals surface area (Å²) in [5.74, 6) is -0.0599. The summed E-state index contributed by atoms with van der Waals surface area (Å²) in [5.41, 5.74) is 0. The van der Waals surface area contributed by atoms with Crippen molar-refractivity contribution >= 4 is 5.97 Å². The molecule has 0 saturated carbocycles. The highest BCUT2D eigenvalue weighted by Gasteiger charge is 1.91. The molecule has 0 aromatic heterocycles. The molecule has 64 valence electrons. The number of rotatable bonds is 5. The Bertz CT molecular complexity index is 136. The first-order valence-corrected chi connectivity index (χ1v) is 3.99. The van der Waals surface area contributed by atoms with Crippen molar-refractivity contribution in [2.24, 2.45) is 5.92 Å². The first-order chi connectivity index (χ1) is 5.13. The van der Waals surface area contributed by atoms with Crippen LogP contribution in [-0.2, 0) is 4.79 Å². The number of allylic oxidation sites excluding steroid dienone is 1. The van der Waals surface area contributed by atoms with Gasteiger partial charge < -0.3 is 5.11 Å². The van der Waals surface area contributed by atoms with Gasteiger partial charge in [-0.1, -0.05) is 26.0 Å². The van der Waals surface area contributed by atoms with Crippen LogP contribution in [0.15, 0.2) is 12.2 Å². The Balaban J connectivity index is 3.23. The van der Waals surface area contributed by atoms with Crippen LogP contribution >= 0.6 is 0 Å². The monoisotopic (exact) mass is 156 g/mol. The molecule has 0 heterocycles. The molecule has 0 aromatic rings. The lowest BCUT2D eigenvalue weighted by molar-refractivity contribution is -0.136. The molecule has 0 aliphatic rings. The molecule has 0 radical (unpaired) electrons. The minimum absolute atomic E-state index is 0.151. The third-order valence-electron chi connectivity index (χ3n) is 1.37. The van der Waals surface area contributed by atoms with Crippen LogP contribution in [0.4, 0.5) is 0 Å². The van der Waals surface area contributed by atoms with Gasteiger partial charge in [0.1, 0.15) is 0 Å². The summed E-state index contributed by atoms with van der Waals surface area (Å²) in [4.78, 5) is 10.0. The quantitative estimate of drug-likeness (QED) is 0.621.